The summed E-state index contributed by atoms with van der Waals surface area (Å²) in [6.45, 7) is 2.28. The number of carbonyl (C=O) groups is 1. The van der Waals surface area contributed by atoms with E-state index in [1.807, 2.05) is 23.2 Å². The summed E-state index contributed by atoms with van der Waals surface area (Å²) in [7, 11) is 0. The van der Waals surface area contributed by atoms with E-state index in [4.69, 9.17) is 4.74 Å². The number of hydrogen-bond donors (Lipinski definition) is 1. The number of nitrogens with zero attached hydrogens (tertiary/aromatic N) is 3. The third-order valence-electron chi connectivity index (χ3n) is 4.34. The van der Waals surface area contributed by atoms with Crippen molar-refractivity contribution in [1.82, 2.24) is 9.99 Å². The van der Waals surface area contributed by atoms with E-state index < -0.39 is 5.60 Å². The van der Waals surface area contributed by atoms with Crippen LogP contribution >= 0.6 is 0 Å². The van der Waals surface area contributed by atoms with E-state index >= 15 is 0 Å². The Kier molecular flexibility index (Phi) is 3.37. The van der Waals surface area contributed by atoms with Crippen LogP contribution in [0.3, 0.4) is 0 Å². The average molecular weight is 311 g/mol. The lowest BCUT2D eigenvalue weighted by molar-refractivity contribution is -0.136. The molecule has 0 bridgehead atoms. The Morgan fingerprint density at radius 3 is 2.57 bits per heavy atom. The number of hydrogen-bond acceptors (Lipinski definition) is 5. The molecule has 2 aromatic rings. The molecule has 1 saturated heterocycles. The Hall–Kier alpha value is -2.28. The zero-order valence-electron chi connectivity index (χ0n) is 12.6. The van der Waals surface area contributed by atoms with Crippen molar-refractivity contribution in [3.8, 4) is 0 Å². The first kappa shape index (κ1) is 14.3. The highest BCUT2D eigenvalue weighted by molar-refractivity contribution is 6.07. The van der Waals surface area contributed by atoms with Crippen molar-refractivity contribution in [2.45, 2.75) is 5.60 Å². The van der Waals surface area contributed by atoms with Gasteiger partial charge in [-0.25, -0.2) is 15.0 Å². The number of anilines is 1. The van der Waals surface area contributed by atoms with Gasteiger partial charge in [-0.05, 0) is 17.7 Å². The van der Waals surface area contributed by atoms with Crippen LogP contribution in [0.2, 0.25) is 0 Å². The van der Waals surface area contributed by atoms with Gasteiger partial charge in [0.05, 0.1) is 13.2 Å². The molecule has 1 atom stereocenters. The van der Waals surface area contributed by atoms with Crippen LogP contribution in [0.15, 0.2) is 48.7 Å². The Balaban J connectivity index is 1.85. The third-order valence-corrected chi connectivity index (χ3v) is 4.34. The Morgan fingerprint density at radius 1 is 1.09 bits per heavy atom. The maximum absolute atomic E-state index is 13.1. The van der Waals surface area contributed by atoms with Crippen molar-refractivity contribution in [3.63, 3.8) is 0 Å². The molecule has 1 aromatic carbocycles. The van der Waals surface area contributed by atoms with E-state index in [2.05, 4.69) is 4.98 Å². The van der Waals surface area contributed by atoms with Crippen LogP contribution in [0, 0.1) is 0 Å². The normalized spacial score (nSPS) is 24.7. The van der Waals surface area contributed by atoms with Crippen LogP contribution in [0.25, 0.3) is 0 Å². The van der Waals surface area contributed by atoms with Gasteiger partial charge in [-0.1, -0.05) is 30.3 Å². The number of hydrazine groups is 1. The second kappa shape index (κ2) is 5.42. The summed E-state index contributed by atoms with van der Waals surface area (Å²) in [6.07, 6.45) is 1.64. The molecule has 0 saturated carbocycles. The molecule has 23 heavy (non-hydrogen) atoms. The summed E-state index contributed by atoms with van der Waals surface area (Å²) in [4.78, 5) is 17.5. The van der Waals surface area contributed by atoms with Gasteiger partial charge in [-0.2, -0.15) is 0 Å². The topological polar surface area (TPSA) is 65.9 Å². The summed E-state index contributed by atoms with van der Waals surface area (Å²) in [5.41, 5.74) is -0.638. The van der Waals surface area contributed by atoms with Crippen LogP contribution in [0.4, 0.5) is 5.82 Å². The molecule has 0 aliphatic carbocycles. The first-order valence-electron chi connectivity index (χ1n) is 7.63. The first-order chi connectivity index (χ1) is 11.2. The van der Waals surface area contributed by atoms with Crippen molar-refractivity contribution in [2.75, 3.05) is 31.3 Å². The number of pyridine rings is 1. The van der Waals surface area contributed by atoms with E-state index in [9.17, 15) is 9.90 Å². The quantitative estimate of drug-likeness (QED) is 0.893. The number of carbonyl (C=O) groups excluding carboxylic acids is 1. The molecule has 1 amide bonds. The third kappa shape index (κ3) is 2.07. The molecule has 1 unspecified atom stereocenters. The van der Waals surface area contributed by atoms with Gasteiger partial charge in [-0.15, -0.1) is 0 Å². The van der Waals surface area contributed by atoms with Gasteiger partial charge in [-0.3, -0.25) is 4.79 Å². The first-order valence-corrected chi connectivity index (χ1v) is 7.63. The molecule has 0 radical (unpaired) electrons. The molecule has 118 valence electrons. The van der Waals surface area contributed by atoms with E-state index in [1.54, 1.807) is 30.5 Å². The lowest BCUT2D eigenvalue weighted by atomic mass is 9.88. The Bertz CT molecular complexity index is 731. The second-order valence-corrected chi connectivity index (χ2v) is 5.63. The van der Waals surface area contributed by atoms with Crippen LogP contribution in [0.5, 0.6) is 0 Å². The molecule has 6 nitrogen and oxygen atoms in total. The SMILES string of the molecule is O=C1N(N2CCOCC2)c2ncccc2C1(O)c1ccccc1. The number of aromatic nitrogens is 1. The van der Waals surface area contributed by atoms with Gasteiger partial charge in [0.25, 0.3) is 5.91 Å². The smallest absolute Gasteiger partial charge is 0.284 e. The highest BCUT2D eigenvalue weighted by Gasteiger charge is 2.53. The number of morpholine rings is 1. The molecule has 1 fully saturated rings. The summed E-state index contributed by atoms with van der Waals surface area (Å²) in [5, 5.41) is 14.7. The van der Waals surface area contributed by atoms with Crippen LogP contribution in [-0.2, 0) is 15.1 Å². The lowest BCUT2D eigenvalue weighted by Crippen LogP contribution is -2.54. The molecule has 1 N–H and O–H groups in total. The van der Waals surface area contributed by atoms with Crippen molar-refractivity contribution in [3.05, 3.63) is 59.8 Å². The minimum absolute atomic E-state index is 0.390. The highest BCUT2D eigenvalue weighted by Crippen LogP contribution is 2.43. The number of rotatable bonds is 2. The fraction of sp³-hybridized carbons (Fsp3) is 0.294. The number of benzene rings is 1. The molecular weight excluding hydrogens is 294 g/mol. The molecule has 6 heteroatoms. The number of ether oxygens (including phenoxy) is 1. The molecule has 2 aliphatic rings. The van der Waals surface area contributed by atoms with E-state index in [1.165, 1.54) is 5.01 Å². The van der Waals surface area contributed by atoms with E-state index in [0.29, 0.717) is 43.2 Å². The maximum Gasteiger partial charge on any atom is 0.284 e. The van der Waals surface area contributed by atoms with Crippen molar-refractivity contribution < 1.29 is 14.6 Å². The molecule has 2 aliphatic heterocycles. The van der Waals surface area contributed by atoms with Crippen molar-refractivity contribution in [1.29, 1.82) is 0 Å². The molecular formula is C17H17N3O3. The zero-order chi connectivity index (χ0) is 15.9. The Morgan fingerprint density at radius 2 is 1.83 bits per heavy atom. The standard InChI is InChI=1S/C17H17N3O3/c21-16-17(22,13-5-2-1-3-6-13)14-7-4-8-18-15(14)20(16)19-9-11-23-12-10-19/h1-8,22H,9-12H2. The fourth-order valence-corrected chi connectivity index (χ4v) is 3.19. The predicted molar refractivity (Wildman–Crippen MR) is 83.6 cm³/mol. The molecule has 1 aromatic heterocycles. The number of amides is 1. The summed E-state index contributed by atoms with van der Waals surface area (Å²) < 4.78 is 5.36. The van der Waals surface area contributed by atoms with Gasteiger partial charge < -0.3 is 9.84 Å². The van der Waals surface area contributed by atoms with Crippen LogP contribution in [-0.4, -0.2) is 47.3 Å². The van der Waals surface area contributed by atoms with E-state index in [0.717, 1.165) is 0 Å². The molecule has 0 spiro atoms. The summed E-state index contributed by atoms with van der Waals surface area (Å²) in [6, 6.07) is 12.5. The molecule has 3 heterocycles. The Labute approximate surface area is 133 Å². The van der Waals surface area contributed by atoms with Gasteiger partial charge in [0.1, 0.15) is 0 Å². The largest absolute Gasteiger partial charge is 0.379 e. The predicted octanol–water partition coefficient (Wildman–Crippen LogP) is 0.911. The lowest BCUT2D eigenvalue weighted by Gasteiger charge is -2.34. The summed E-state index contributed by atoms with van der Waals surface area (Å²) in [5.74, 6) is 0.102. The van der Waals surface area contributed by atoms with Gasteiger partial charge >= 0.3 is 0 Å². The minimum atomic E-state index is -1.71. The van der Waals surface area contributed by atoms with Crippen LogP contribution in [0.1, 0.15) is 11.1 Å². The fourth-order valence-electron chi connectivity index (χ4n) is 3.19. The van der Waals surface area contributed by atoms with Gasteiger partial charge in [0.2, 0.25) is 0 Å². The number of fused-ring (bicyclic) bond motifs is 1. The van der Waals surface area contributed by atoms with Crippen molar-refractivity contribution >= 4 is 11.7 Å². The maximum atomic E-state index is 13.1. The van der Waals surface area contributed by atoms with Gasteiger partial charge in [0, 0.05) is 24.8 Å². The zero-order valence-corrected chi connectivity index (χ0v) is 12.6. The van der Waals surface area contributed by atoms with Gasteiger partial charge in [0.15, 0.2) is 11.4 Å². The second-order valence-electron chi connectivity index (χ2n) is 5.63. The van der Waals surface area contributed by atoms with Crippen molar-refractivity contribution in [2.24, 2.45) is 0 Å². The van der Waals surface area contributed by atoms with Crippen LogP contribution < -0.4 is 5.01 Å². The average Bonchev–Trinajstić information content (AvgIpc) is 2.86. The summed E-state index contributed by atoms with van der Waals surface area (Å²) >= 11 is 0. The minimum Gasteiger partial charge on any atom is -0.379 e. The van der Waals surface area contributed by atoms with E-state index in [-0.39, 0.29) is 5.91 Å². The highest BCUT2D eigenvalue weighted by atomic mass is 16.5. The number of aliphatic hydroxyl groups is 1. The monoisotopic (exact) mass is 311 g/mol. The molecule has 4 rings (SSSR count).